The molecular formula is C19H21FN2O4. The smallest absolute Gasteiger partial charge is 0.226 e. The Hall–Kier alpha value is -2.93. The van der Waals surface area contributed by atoms with Gasteiger partial charge in [0.1, 0.15) is 18.2 Å². The summed E-state index contributed by atoms with van der Waals surface area (Å²) in [7, 11) is 0. The Balaban J connectivity index is 1.84. The zero-order chi connectivity index (χ0) is 18.9. The fraction of sp³-hybridized carbons (Fsp3) is 0.263. The number of halogens is 1. The van der Waals surface area contributed by atoms with E-state index in [1.807, 2.05) is 0 Å². The number of ether oxygens (including phenoxy) is 1. The lowest BCUT2D eigenvalue weighted by Crippen LogP contribution is -2.38. The lowest BCUT2D eigenvalue weighted by Gasteiger charge is -2.15. The quantitative estimate of drug-likeness (QED) is 0.674. The third-order valence-electron chi connectivity index (χ3n) is 3.49. The minimum atomic E-state index is -0.624. The summed E-state index contributed by atoms with van der Waals surface area (Å²) < 4.78 is 18.7. The maximum atomic E-state index is 13.1. The highest BCUT2D eigenvalue weighted by Gasteiger charge is 2.14. The van der Waals surface area contributed by atoms with Crippen LogP contribution in [0.2, 0.25) is 0 Å². The second kappa shape index (κ2) is 9.53. The van der Waals surface area contributed by atoms with Crippen molar-refractivity contribution in [1.29, 1.82) is 0 Å². The van der Waals surface area contributed by atoms with Gasteiger partial charge in [0, 0.05) is 19.0 Å². The summed E-state index contributed by atoms with van der Waals surface area (Å²) in [6, 6.07) is 12.3. The number of nitrogens with one attached hydrogen (secondary N) is 2. The minimum Gasteiger partial charge on any atom is -0.489 e. The molecule has 3 N–H and O–H groups in total. The Kier molecular flexibility index (Phi) is 7.11. The molecule has 2 aromatic carbocycles. The average molecular weight is 360 g/mol. The van der Waals surface area contributed by atoms with E-state index in [-0.39, 0.29) is 37.3 Å². The van der Waals surface area contributed by atoms with Gasteiger partial charge in [-0.2, -0.15) is 0 Å². The molecule has 0 saturated carbocycles. The van der Waals surface area contributed by atoms with Gasteiger partial charge < -0.3 is 20.5 Å². The van der Waals surface area contributed by atoms with Crippen molar-refractivity contribution in [2.75, 3.05) is 11.9 Å². The van der Waals surface area contributed by atoms with Crippen LogP contribution in [0.1, 0.15) is 18.9 Å². The van der Waals surface area contributed by atoms with E-state index in [0.717, 1.165) is 5.56 Å². The van der Waals surface area contributed by atoms with E-state index in [4.69, 9.17) is 9.84 Å². The summed E-state index contributed by atoms with van der Waals surface area (Å²) in [6.07, 6.45) is -0.0338. The zero-order valence-electron chi connectivity index (χ0n) is 14.4. The molecule has 0 aromatic heterocycles. The molecular weight excluding hydrogens is 339 g/mol. The lowest BCUT2D eigenvalue weighted by atomic mass is 10.2. The number of benzene rings is 2. The number of hydrogen-bond donors (Lipinski definition) is 3. The molecule has 0 fully saturated rings. The SMILES string of the molecule is CC(=O)N[C@H](CO)CC(=O)Nc1ccc(OCc2cccc(F)c2)cc1. The first-order chi connectivity index (χ1) is 12.5. The summed E-state index contributed by atoms with van der Waals surface area (Å²) in [5, 5.41) is 14.3. The molecule has 7 heteroatoms. The van der Waals surface area contributed by atoms with Crippen molar-refractivity contribution in [3.63, 3.8) is 0 Å². The van der Waals surface area contributed by atoms with Crippen molar-refractivity contribution in [2.45, 2.75) is 26.0 Å². The molecule has 0 spiro atoms. The standard InChI is InChI=1S/C19H21FN2O4/c1-13(24)21-17(11-23)10-19(25)22-16-5-7-18(8-6-16)26-12-14-3-2-4-15(20)9-14/h2-9,17,23H,10-12H2,1H3,(H,21,24)(H,22,25)/t17-/m0/s1. The number of carbonyl (C=O) groups is 2. The number of carbonyl (C=O) groups excluding carboxylic acids is 2. The van der Waals surface area contributed by atoms with E-state index in [1.54, 1.807) is 36.4 Å². The van der Waals surface area contributed by atoms with Gasteiger partial charge in [0.05, 0.1) is 12.6 Å². The predicted molar refractivity (Wildman–Crippen MR) is 95.1 cm³/mol. The van der Waals surface area contributed by atoms with Gasteiger partial charge in [0.2, 0.25) is 11.8 Å². The molecule has 6 nitrogen and oxygen atoms in total. The number of anilines is 1. The van der Waals surface area contributed by atoms with E-state index in [0.29, 0.717) is 11.4 Å². The maximum absolute atomic E-state index is 13.1. The van der Waals surface area contributed by atoms with E-state index in [1.165, 1.54) is 19.1 Å². The Bertz CT molecular complexity index is 749. The second-order valence-corrected chi connectivity index (χ2v) is 5.78. The van der Waals surface area contributed by atoms with Gasteiger partial charge in [-0.15, -0.1) is 0 Å². The molecule has 0 aliphatic rings. The second-order valence-electron chi connectivity index (χ2n) is 5.78. The average Bonchev–Trinajstić information content (AvgIpc) is 2.60. The van der Waals surface area contributed by atoms with Crippen LogP contribution >= 0.6 is 0 Å². The first-order valence-corrected chi connectivity index (χ1v) is 8.11. The molecule has 2 rings (SSSR count). The fourth-order valence-corrected chi connectivity index (χ4v) is 2.31. The number of rotatable bonds is 8. The predicted octanol–water partition coefficient (Wildman–Crippen LogP) is 2.23. The largest absolute Gasteiger partial charge is 0.489 e. The van der Waals surface area contributed by atoms with Gasteiger partial charge in [-0.05, 0) is 42.0 Å². The number of aliphatic hydroxyl groups excluding tert-OH is 1. The molecule has 138 valence electrons. The Morgan fingerprint density at radius 3 is 2.54 bits per heavy atom. The third kappa shape index (κ3) is 6.52. The molecule has 26 heavy (non-hydrogen) atoms. The number of aliphatic hydroxyl groups is 1. The molecule has 0 aliphatic heterocycles. The van der Waals surface area contributed by atoms with Crippen molar-refractivity contribution in [2.24, 2.45) is 0 Å². The third-order valence-corrected chi connectivity index (χ3v) is 3.49. The van der Waals surface area contributed by atoms with Crippen molar-refractivity contribution in [1.82, 2.24) is 5.32 Å². The molecule has 1 atom stereocenters. The molecule has 0 bridgehead atoms. The maximum Gasteiger partial charge on any atom is 0.226 e. The van der Waals surface area contributed by atoms with Gasteiger partial charge in [-0.3, -0.25) is 9.59 Å². The van der Waals surface area contributed by atoms with Gasteiger partial charge in [-0.1, -0.05) is 12.1 Å². The van der Waals surface area contributed by atoms with Gasteiger partial charge in [-0.25, -0.2) is 4.39 Å². The first-order valence-electron chi connectivity index (χ1n) is 8.11. The fourth-order valence-electron chi connectivity index (χ4n) is 2.31. The molecule has 0 aliphatic carbocycles. The molecule has 0 radical (unpaired) electrons. The number of hydrogen-bond acceptors (Lipinski definition) is 4. The Labute approximate surface area is 151 Å². The van der Waals surface area contributed by atoms with E-state index < -0.39 is 6.04 Å². The highest BCUT2D eigenvalue weighted by Crippen LogP contribution is 2.17. The summed E-state index contributed by atoms with van der Waals surface area (Å²) in [5.74, 6) is -0.369. The van der Waals surface area contributed by atoms with Crippen LogP contribution in [0.15, 0.2) is 48.5 Å². The van der Waals surface area contributed by atoms with E-state index in [2.05, 4.69) is 10.6 Å². The molecule has 0 heterocycles. The van der Waals surface area contributed by atoms with E-state index in [9.17, 15) is 14.0 Å². The summed E-state index contributed by atoms with van der Waals surface area (Å²) in [6.45, 7) is 1.24. The lowest BCUT2D eigenvalue weighted by molar-refractivity contribution is -0.120. The minimum absolute atomic E-state index is 0.0338. The van der Waals surface area contributed by atoms with Crippen molar-refractivity contribution < 1.29 is 23.8 Å². The molecule has 0 saturated heterocycles. The van der Waals surface area contributed by atoms with Crippen LogP contribution in [0.5, 0.6) is 5.75 Å². The van der Waals surface area contributed by atoms with Crippen LogP contribution in [0, 0.1) is 5.82 Å². The Morgan fingerprint density at radius 1 is 1.19 bits per heavy atom. The van der Waals surface area contributed by atoms with Gasteiger partial charge >= 0.3 is 0 Å². The van der Waals surface area contributed by atoms with Crippen LogP contribution in [0.3, 0.4) is 0 Å². The topological polar surface area (TPSA) is 87.7 Å². The van der Waals surface area contributed by atoms with Crippen molar-refractivity contribution >= 4 is 17.5 Å². The van der Waals surface area contributed by atoms with Gasteiger partial charge in [0.15, 0.2) is 0 Å². The van der Waals surface area contributed by atoms with Crippen LogP contribution in [0.4, 0.5) is 10.1 Å². The Morgan fingerprint density at radius 2 is 1.92 bits per heavy atom. The number of amides is 2. The van der Waals surface area contributed by atoms with Crippen molar-refractivity contribution in [3.8, 4) is 5.75 Å². The van der Waals surface area contributed by atoms with Crippen LogP contribution in [0.25, 0.3) is 0 Å². The normalized spacial score (nSPS) is 11.5. The van der Waals surface area contributed by atoms with Crippen molar-refractivity contribution in [3.05, 3.63) is 59.9 Å². The molecule has 2 amide bonds. The summed E-state index contributed by atoms with van der Waals surface area (Å²) >= 11 is 0. The summed E-state index contributed by atoms with van der Waals surface area (Å²) in [5.41, 5.74) is 1.28. The highest BCUT2D eigenvalue weighted by molar-refractivity contribution is 5.91. The summed E-state index contributed by atoms with van der Waals surface area (Å²) in [4.78, 5) is 22.9. The zero-order valence-corrected chi connectivity index (χ0v) is 14.4. The first kappa shape index (κ1) is 19.4. The monoisotopic (exact) mass is 360 g/mol. The molecule has 0 unspecified atom stereocenters. The van der Waals surface area contributed by atoms with E-state index >= 15 is 0 Å². The van der Waals surface area contributed by atoms with Gasteiger partial charge in [0.25, 0.3) is 0 Å². The highest BCUT2D eigenvalue weighted by atomic mass is 19.1. The molecule has 2 aromatic rings. The van der Waals surface area contributed by atoms with Crippen LogP contribution < -0.4 is 15.4 Å². The van der Waals surface area contributed by atoms with Crippen LogP contribution in [-0.4, -0.2) is 29.6 Å². The van der Waals surface area contributed by atoms with Crippen LogP contribution in [-0.2, 0) is 16.2 Å².